The van der Waals surface area contributed by atoms with Crippen LogP contribution in [0, 0.1) is 5.92 Å². The van der Waals surface area contributed by atoms with Crippen LogP contribution in [-0.4, -0.2) is 11.7 Å². The summed E-state index contributed by atoms with van der Waals surface area (Å²) in [5.74, 6) is 0.978. The molecule has 1 aromatic rings. The summed E-state index contributed by atoms with van der Waals surface area (Å²) in [4.78, 5) is 0. The number of aromatic hydroxyl groups is 1. The van der Waals surface area contributed by atoms with Gasteiger partial charge in [-0.25, -0.2) is 0 Å². The molecule has 0 heterocycles. The van der Waals surface area contributed by atoms with Gasteiger partial charge in [0.25, 0.3) is 0 Å². The number of phenolic OH excluding ortho intramolecular Hbond substituents is 1. The highest BCUT2D eigenvalue weighted by Crippen LogP contribution is 2.58. The highest BCUT2D eigenvalue weighted by atomic mass is 16.3. The molecule has 1 aliphatic carbocycles. The monoisotopic (exact) mass is 191 g/mol. The third-order valence-electron chi connectivity index (χ3n) is 3.59. The Balaban J connectivity index is 2.35. The maximum Gasteiger partial charge on any atom is 0.119 e. The fourth-order valence-electron chi connectivity index (χ4n) is 2.54. The molecule has 1 aromatic carbocycles. The van der Waals surface area contributed by atoms with Crippen LogP contribution in [0.15, 0.2) is 24.3 Å². The Morgan fingerprint density at radius 3 is 2.71 bits per heavy atom. The number of nitrogens with two attached hydrogens (primary N) is 1. The van der Waals surface area contributed by atoms with Gasteiger partial charge in [0.15, 0.2) is 0 Å². The van der Waals surface area contributed by atoms with E-state index in [1.54, 1.807) is 6.07 Å². The molecule has 0 saturated heterocycles. The van der Waals surface area contributed by atoms with Gasteiger partial charge in [0.2, 0.25) is 0 Å². The van der Waals surface area contributed by atoms with E-state index in [0.29, 0.717) is 11.7 Å². The van der Waals surface area contributed by atoms with Crippen LogP contribution in [0.2, 0.25) is 0 Å². The second kappa shape index (κ2) is 3.28. The lowest BCUT2D eigenvalue weighted by Gasteiger charge is -2.16. The van der Waals surface area contributed by atoms with Crippen LogP contribution in [0.4, 0.5) is 0 Å². The summed E-state index contributed by atoms with van der Waals surface area (Å²) >= 11 is 0. The van der Waals surface area contributed by atoms with E-state index < -0.39 is 0 Å². The summed E-state index contributed by atoms with van der Waals surface area (Å²) < 4.78 is 0. The first-order valence-electron chi connectivity index (χ1n) is 5.23. The molecule has 2 atom stereocenters. The van der Waals surface area contributed by atoms with E-state index in [-0.39, 0.29) is 5.41 Å². The summed E-state index contributed by atoms with van der Waals surface area (Å²) in [5.41, 5.74) is 6.94. The number of benzene rings is 1. The van der Waals surface area contributed by atoms with Crippen molar-refractivity contribution in [1.29, 1.82) is 0 Å². The minimum Gasteiger partial charge on any atom is -0.508 e. The maximum atomic E-state index is 9.79. The fraction of sp³-hybridized carbons (Fsp3) is 0.500. The quantitative estimate of drug-likeness (QED) is 0.767. The van der Waals surface area contributed by atoms with Crippen molar-refractivity contribution in [2.24, 2.45) is 11.7 Å². The third kappa shape index (κ3) is 1.22. The van der Waals surface area contributed by atoms with Crippen molar-refractivity contribution in [3.8, 4) is 5.75 Å². The van der Waals surface area contributed by atoms with Crippen LogP contribution in [-0.2, 0) is 5.41 Å². The fourth-order valence-corrected chi connectivity index (χ4v) is 2.54. The van der Waals surface area contributed by atoms with E-state index in [1.165, 1.54) is 0 Å². The van der Waals surface area contributed by atoms with Crippen LogP contribution in [0.25, 0.3) is 0 Å². The molecule has 0 bridgehead atoms. The Bertz CT molecular complexity index is 337. The SMILES string of the molecule is CCC1(c2ccccc2O)CC1CN. The zero-order valence-electron chi connectivity index (χ0n) is 8.53. The van der Waals surface area contributed by atoms with Crippen LogP contribution < -0.4 is 5.73 Å². The minimum atomic E-state index is 0.167. The summed E-state index contributed by atoms with van der Waals surface area (Å²) in [7, 11) is 0. The van der Waals surface area contributed by atoms with Crippen molar-refractivity contribution in [2.45, 2.75) is 25.2 Å². The zero-order valence-corrected chi connectivity index (χ0v) is 8.53. The second-order valence-corrected chi connectivity index (χ2v) is 4.16. The highest BCUT2D eigenvalue weighted by Gasteiger charge is 2.53. The lowest BCUT2D eigenvalue weighted by molar-refractivity contribution is 0.450. The summed E-state index contributed by atoms with van der Waals surface area (Å²) in [6.07, 6.45) is 2.18. The Kier molecular flexibility index (Phi) is 2.23. The van der Waals surface area contributed by atoms with Crippen molar-refractivity contribution < 1.29 is 5.11 Å². The molecule has 0 radical (unpaired) electrons. The Labute approximate surface area is 84.7 Å². The number of hydrogen-bond acceptors (Lipinski definition) is 2. The molecule has 2 heteroatoms. The molecule has 2 unspecified atom stereocenters. The van der Waals surface area contributed by atoms with Crippen molar-refractivity contribution in [2.75, 3.05) is 6.54 Å². The predicted octanol–water partition coefficient (Wildman–Crippen LogP) is 2.02. The molecule has 0 amide bonds. The van der Waals surface area contributed by atoms with Gasteiger partial charge in [0.1, 0.15) is 5.75 Å². The Morgan fingerprint density at radius 1 is 1.50 bits per heavy atom. The molecule has 2 rings (SSSR count). The summed E-state index contributed by atoms with van der Waals surface area (Å²) in [6.45, 7) is 2.89. The molecule has 1 aliphatic rings. The molecule has 2 nitrogen and oxygen atoms in total. The topological polar surface area (TPSA) is 46.2 Å². The average molecular weight is 191 g/mol. The van der Waals surface area contributed by atoms with E-state index in [2.05, 4.69) is 6.92 Å². The molecule has 0 aromatic heterocycles. The van der Waals surface area contributed by atoms with Gasteiger partial charge in [-0.05, 0) is 31.4 Å². The normalized spacial score (nSPS) is 30.3. The average Bonchev–Trinajstić information content (AvgIpc) is 2.93. The number of rotatable bonds is 3. The van der Waals surface area contributed by atoms with Gasteiger partial charge >= 0.3 is 0 Å². The number of para-hydroxylation sites is 1. The standard InChI is InChI=1S/C12H17NO/c1-2-12(7-9(12)8-13)10-5-3-4-6-11(10)14/h3-6,9,14H,2,7-8,13H2,1H3. The highest BCUT2D eigenvalue weighted by molar-refractivity contribution is 5.43. The van der Waals surface area contributed by atoms with Gasteiger partial charge in [0, 0.05) is 11.0 Å². The van der Waals surface area contributed by atoms with Crippen LogP contribution in [0.3, 0.4) is 0 Å². The lowest BCUT2D eigenvalue weighted by Crippen LogP contribution is -2.14. The van der Waals surface area contributed by atoms with Gasteiger partial charge in [-0.1, -0.05) is 25.1 Å². The molecule has 0 spiro atoms. The zero-order chi connectivity index (χ0) is 10.2. The van der Waals surface area contributed by atoms with E-state index >= 15 is 0 Å². The molecule has 1 fully saturated rings. The van der Waals surface area contributed by atoms with Gasteiger partial charge in [-0.2, -0.15) is 0 Å². The lowest BCUT2D eigenvalue weighted by atomic mass is 9.90. The summed E-state index contributed by atoms with van der Waals surface area (Å²) in [6, 6.07) is 7.63. The Hall–Kier alpha value is -1.02. The van der Waals surface area contributed by atoms with Gasteiger partial charge in [-0.15, -0.1) is 0 Å². The van der Waals surface area contributed by atoms with Crippen molar-refractivity contribution in [3.05, 3.63) is 29.8 Å². The predicted molar refractivity (Wildman–Crippen MR) is 57.2 cm³/mol. The van der Waals surface area contributed by atoms with E-state index in [1.807, 2.05) is 18.2 Å². The summed E-state index contributed by atoms with van der Waals surface area (Å²) in [5, 5.41) is 9.79. The van der Waals surface area contributed by atoms with Crippen LogP contribution in [0.5, 0.6) is 5.75 Å². The van der Waals surface area contributed by atoms with E-state index in [4.69, 9.17) is 5.73 Å². The Morgan fingerprint density at radius 2 is 2.21 bits per heavy atom. The third-order valence-corrected chi connectivity index (χ3v) is 3.59. The molecule has 14 heavy (non-hydrogen) atoms. The molecule has 0 aliphatic heterocycles. The minimum absolute atomic E-state index is 0.167. The van der Waals surface area contributed by atoms with Crippen LogP contribution >= 0.6 is 0 Å². The smallest absolute Gasteiger partial charge is 0.119 e. The maximum absolute atomic E-state index is 9.79. The van der Waals surface area contributed by atoms with Crippen LogP contribution in [0.1, 0.15) is 25.3 Å². The first kappa shape index (κ1) is 9.53. The van der Waals surface area contributed by atoms with E-state index in [9.17, 15) is 5.11 Å². The van der Waals surface area contributed by atoms with Crippen molar-refractivity contribution >= 4 is 0 Å². The molecular weight excluding hydrogens is 174 g/mol. The molecular formula is C12H17NO. The molecule has 76 valence electrons. The first-order valence-corrected chi connectivity index (χ1v) is 5.23. The molecule has 3 N–H and O–H groups in total. The molecule has 1 saturated carbocycles. The largest absolute Gasteiger partial charge is 0.508 e. The first-order chi connectivity index (χ1) is 6.74. The van der Waals surface area contributed by atoms with E-state index in [0.717, 1.165) is 24.9 Å². The van der Waals surface area contributed by atoms with Gasteiger partial charge in [0.05, 0.1) is 0 Å². The van der Waals surface area contributed by atoms with Gasteiger partial charge < -0.3 is 10.8 Å². The van der Waals surface area contributed by atoms with Gasteiger partial charge in [-0.3, -0.25) is 0 Å². The van der Waals surface area contributed by atoms with Crippen molar-refractivity contribution in [3.63, 3.8) is 0 Å². The number of phenols is 1. The number of hydrogen-bond donors (Lipinski definition) is 2. The second-order valence-electron chi connectivity index (χ2n) is 4.16. The van der Waals surface area contributed by atoms with Crippen molar-refractivity contribution in [1.82, 2.24) is 0 Å².